The molecule has 1 fully saturated rings. The van der Waals surface area contributed by atoms with Crippen molar-refractivity contribution in [1.29, 1.82) is 0 Å². The maximum atomic E-state index is 12.3. The van der Waals surface area contributed by atoms with Crippen LogP contribution in [0.1, 0.15) is 41.2 Å². The normalized spacial score (nSPS) is 14.2. The molecular formula is C17H20N6O. The molecule has 3 aromatic heterocycles. The minimum Gasteiger partial charge on any atom is -0.352 e. The molecule has 0 saturated heterocycles. The van der Waals surface area contributed by atoms with E-state index in [4.69, 9.17) is 0 Å². The van der Waals surface area contributed by atoms with Gasteiger partial charge in [-0.15, -0.1) is 0 Å². The highest BCUT2D eigenvalue weighted by Gasteiger charge is 2.25. The first-order valence-corrected chi connectivity index (χ1v) is 8.29. The number of fused-ring (bicyclic) bond motifs is 1. The van der Waals surface area contributed by atoms with Crippen molar-refractivity contribution in [2.75, 3.05) is 6.54 Å². The van der Waals surface area contributed by atoms with Crippen LogP contribution in [0.25, 0.3) is 11.2 Å². The number of aryl methyl sites for hydroxylation is 2. The Labute approximate surface area is 139 Å². The van der Waals surface area contributed by atoms with Crippen LogP contribution in [0.4, 0.5) is 0 Å². The van der Waals surface area contributed by atoms with E-state index in [1.54, 1.807) is 10.9 Å². The SMILES string of the molecule is Cn1cc(CCCNC(=O)c2cnc3c(c2)ncn3C2CC2)cn1. The summed E-state index contributed by atoms with van der Waals surface area (Å²) in [5.41, 5.74) is 3.39. The fourth-order valence-electron chi connectivity index (χ4n) is 2.86. The predicted molar refractivity (Wildman–Crippen MR) is 89.7 cm³/mol. The lowest BCUT2D eigenvalue weighted by Gasteiger charge is -2.05. The molecule has 4 rings (SSSR count). The summed E-state index contributed by atoms with van der Waals surface area (Å²) in [4.78, 5) is 21.1. The molecule has 7 heteroatoms. The molecule has 1 amide bonds. The minimum atomic E-state index is -0.100. The Balaban J connectivity index is 1.34. The van der Waals surface area contributed by atoms with E-state index in [9.17, 15) is 4.79 Å². The van der Waals surface area contributed by atoms with Crippen molar-refractivity contribution in [3.63, 3.8) is 0 Å². The lowest BCUT2D eigenvalue weighted by molar-refractivity contribution is 0.0953. The number of rotatable bonds is 6. The Kier molecular flexibility index (Phi) is 3.76. The van der Waals surface area contributed by atoms with E-state index in [-0.39, 0.29) is 5.91 Å². The fourth-order valence-corrected chi connectivity index (χ4v) is 2.86. The molecule has 0 unspecified atom stereocenters. The molecule has 1 saturated carbocycles. The van der Waals surface area contributed by atoms with Crippen LogP contribution in [0.5, 0.6) is 0 Å². The number of pyridine rings is 1. The summed E-state index contributed by atoms with van der Waals surface area (Å²) in [5.74, 6) is -0.100. The first-order chi connectivity index (χ1) is 11.7. The van der Waals surface area contributed by atoms with Gasteiger partial charge in [0.15, 0.2) is 5.65 Å². The van der Waals surface area contributed by atoms with Gasteiger partial charge in [0.1, 0.15) is 5.52 Å². The van der Waals surface area contributed by atoms with Crippen molar-refractivity contribution in [1.82, 2.24) is 29.6 Å². The van der Waals surface area contributed by atoms with E-state index < -0.39 is 0 Å². The van der Waals surface area contributed by atoms with E-state index in [0.717, 1.165) is 24.0 Å². The number of carbonyl (C=O) groups excluding carboxylic acids is 1. The third-order valence-electron chi connectivity index (χ3n) is 4.30. The van der Waals surface area contributed by atoms with Crippen molar-refractivity contribution in [3.05, 3.63) is 42.1 Å². The molecule has 3 aromatic rings. The van der Waals surface area contributed by atoms with Crippen LogP contribution in [0, 0.1) is 0 Å². The zero-order valence-corrected chi connectivity index (χ0v) is 13.6. The Morgan fingerprint density at radius 3 is 2.96 bits per heavy atom. The van der Waals surface area contributed by atoms with Crippen LogP contribution >= 0.6 is 0 Å². The smallest absolute Gasteiger partial charge is 0.252 e. The van der Waals surface area contributed by atoms with Crippen LogP contribution in [-0.2, 0) is 13.5 Å². The van der Waals surface area contributed by atoms with Crippen molar-refractivity contribution in [3.8, 4) is 0 Å². The molecule has 124 valence electrons. The van der Waals surface area contributed by atoms with E-state index in [2.05, 4.69) is 25.0 Å². The third-order valence-corrected chi connectivity index (χ3v) is 4.30. The van der Waals surface area contributed by atoms with Gasteiger partial charge < -0.3 is 9.88 Å². The Bertz CT molecular complexity index is 876. The van der Waals surface area contributed by atoms with Crippen LogP contribution in [0.15, 0.2) is 31.0 Å². The van der Waals surface area contributed by atoms with Gasteiger partial charge in [0.05, 0.1) is 18.1 Å². The monoisotopic (exact) mass is 324 g/mol. The topological polar surface area (TPSA) is 77.6 Å². The summed E-state index contributed by atoms with van der Waals surface area (Å²) < 4.78 is 3.89. The summed E-state index contributed by atoms with van der Waals surface area (Å²) >= 11 is 0. The van der Waals surface area contributed by atoms with Gasteiger partial charge >= 0.3 is 0 Å². The highest BCUT2D eigenvalue weighted by Crippen LogP contribution is 2.36. The molecular weight excluding hydrogens is 304 g/mol. The van der Waals surface area contributed by atoms with Gasteiger partial charge in [-0.2, -0.15) is 5.10 Å². The van der Waals surface area contributed by atoms with Crippen molar-refractivity contribution >= 4 is 17.1 Å². The first-order valence-electron chi connectivity index (χ1n) is 8.29. The molecule has 1 aliphatic carbocycles. The standard InChI is InChI=1S/C17H20N6O/c1-22-10-12(8-21-22)3-2-6-18-17(24)13-7-15-16(19-9-13)23(11-20-15)14-4-5-14/h7-11,14H,2-6H2,1H3,(H,18,24). The van der Waals surface area contributed by atoms with E-state index in [0.29, 0.717) is 18.2 Å². The van der Waals surface area contributed by atoms with Crippen LogP contribution in [0.2, 0.25) is 0 Å². The second-order valence-corrected chi connectivity index (χ2v) is 6.33. The predicted octanol–water partition coefficient (Wildman–Crippen LogP) is 1.86. The molecule has 0 aromatic carbocycles. The highest BCUT2D eigenvalue weighted by molar-refractivity contribution is 5.96. The fraction of sp³-hybridized carbons (Fsp3) is 0.412. The van der Waals surface area contributed by atoms with Gasteiger partial charge in [-0.1, -0.05) is 0 Å². The average Bonchev–Trinajstić information content (AvgIpc) is 3.21. The molecule has 24 heavy (non-hydrogen) atoms. The Hall–Kier alpha value is -2.70. The van der Waals surface area contributed by atoms with Gasteiger partial charge in [0.2, 0.25) is 0 Å². The van der Waals surface area contributed by atoms with Crippen LogP contribution < -0.4 is 5.32 Å². The number of aromatic nitrogens is 5. The molecule has 0 bridgehead atoms. The summed E-state index contributed by atoms with van der Waals surface area (Å²) in [6, 6.07) is 2.35. The molecule has 1 aliphatic rings. The van der Waals surface area contributed by atoms with Gasteiger partial charge in [-0.25, -0.2) is 9.97 Å². The Morgan fingerprint density at radius 2 is 2.21 bits per heavy atom. The van der Waals surface area contributed by atoms with Gasteiger partial charge in [-0.3, -0.25) is 9.48 Å². The van der Waals surface area contributed by atoms with E-state index in [1.807, 2.05) is 31.8 Å². The zero-order chi connectivity index (χ0) is 16.5. The largest absolute Gasteiger partial charge is 0.352 e. The highest BCUT2D eigenvalue weighted by atomic mass is 16.1. The van der Waals surface area contributed by atoms with Crippen LogP contribution in [-0.4, -0.2) is 36.8 Å². The number of hydrogen-bond donors (Lipinski definition) is 1. The molecule has 0 atom stereocenters. The maximum Gasteiger partial charge on any atom is 0.252 e. The third kappa shape index (κ3) is 3.02. The molecule has 7 nitrogen and oxygen atoms in total. The van der Waals surface area contributed by atoms with Crippen molar-refractivity contribution in [2.45, 2.75) is 31.7 Å². The van der Waals surface area contributed by atoms with Gasteiger partial charge in [0, 0.05) is 32.0 Å². The number of nitrogens with one attached hydrogen (secondary N) is 1. The number of hydrogen-bond acceptors (Lipinski definition) is 4. The summed E-state index contributed by atoms with van der Waals surface area (Å²) in [6.07, 6.45) is 11.5. The summed E-state index contributed by atoms with van der Waals surface area (Å²) in [6.45, 7) is 0.627. The summed E-state index contributed by atoms with van der Waals surface area (Å²) in [7, 11) is 1.90. The quantitative estimate of drug-likeness (QED) is 0.702. The van der Waals surface area contributed by atoms with Crippen LogP contribution in [0.3, 0.4) is 0 Å². The molecule has 0 aliphatic heterocycles. The number of imidazole rings is 1. The number of nitrogens with zero attached hydrogens (tertiary/aromatic N) is 5. The Morgan fingerprint density at radius 1 is 1.33 bits per heavy atom. The molecule has 1 N–H and O–H groups in total. The summed E-state index contributed by atoms with van der Waals surface area (Å²) in [5, 5.41) is 7.08. The number of amides is 1. The van der Waals surface area contributed by atoms with Crippen molar-refractivity contribution < 1.29 is 4.79 Å². The lowest BCUT2D eigenvalue weighted by atomic mass is 10.2. The second kappa shape index (κ2) is 6.07. The van der Waals surface area contributed by atoms with E-state index in [1.165, 1.54) is 18.4 Å². The molecule has 0 radical (unpaired) electrons. The maximum absolute atomic E-state index is 12.3. The number of carbonyl (C=O) groups is 1. The van der Waals surface area contributed by atoms with E-state index >= 15 is 0 Å². The molecule has 3 heterocycles. The average molecular weight is 324 g/mol. The second-order valence-electron chi connectivity index (χ2n) is 6.33. The lowest BCUT2D eigenvalue weighted by Crippen LogP contribution is -2.24. The van der Waals surface area contributed by atoms with Gasteiger partial charge in [-0.05, 0) is 37.3 Å². The van der Waals surface area contributed by atoms with Crippen molar-refractivity contribution in [2.24, 2.45) is 7.05 Å². The minimum absolute atomic E-state index is 0.100. The zero-order valence-electron chi connectivity index (χ0n) is 13.6. The first kappa shape index (κ1) is 14.9. The molecule has 0 spiro atoms. The van der Waals surface area contributed by atoms with Gasteiger partial charge in [0.25, 0.3) is 5.91 Å².